The second-order valence-electron chi connectivity index (χ2n) is 3.84. The van der Waals surface area contributed by atoms with E-state index in [9.17, 15) is 8.60 Å². The molecule has 0 radical (unpaired) electrons. The van der Waals surface area contributed by atoms with E-state index in [1.54, 1.807) is 18.4 Å². The van der Waals surface area contributed by atoms with Gasteiger partial charge in [0.15, 0.2) is 0 Å². The van der Waals surface area contributed by atoms with Crippen LogP contribution in [0.3, 0.4) is 0 Å². The Labute approximate surface area is 104 Å². The van der Waals surface area contributed by atoms with E-state index in [0.717, 1.165) is 0 Å². The first-order chi connectivity index (χ1) is 8.04. The van der Waals surface area contributed by atoms with Crippen LogP contribution in [0.4, 0.5) is 4.39 Å². The Morgan fingerprint density at radius 1 is 1.53 bits per heavy atom. The molecule has 3 nitrogen and oxygen atoms in total. The predicted octanol–water partition coefficient (Wildman–Crippen LogP) is 1.86. The Hall–Kier alpha value is -0.940. The zero-order chi connectivity index (χ0) is 12.8. The third-order valence-corrected chi connectivity index (χ3v) is 3.29. The molecule has 1 N–H and O–H groups in total. The maximum Gasteiger partial charge on any atom is 0.131 e. The van der Waals surface area contributed by atoms with E-state index in [1.165, 1.54) is 13.2 Å². The van der Waals surface area contributed by atoms with Crippen LogP contribution in [0.5, 0.6) is 5.75 Å². The summed E-state index contributed by atoms with van der Waals surface area (Å²) in [5.74, 6) is 0.789. The molecular formula is C12H18FNO2S. The molecule has 1 rings (SSSR count). The molecule has 17 heavy (non-hydrogen) atoms. The molecule has 2 unspecified atom stereocenters. The van der Waals surface area contributed by atoms with Crippen molar-refractivity contribution in [1.82, 2.24) is 5.32 Å². The maximum absolute atomic E-state index is 13.7. The van der Waals surface area contributed by atoms with Crippen molar-refractivity contribution in [2.45, 2.75) is 13.0 Å². The second-order valence-corrected chi connectivity index (χ2v) is 5.40. The van der Waals surface area contributed by atoms with Gasteiger partial charge < -0.3 is 10.1 Å². The lowest BCUT2D eigenvalue weighted by atomic mass is 10.1. The Morgan fingerprint density at radius 2 is 2.24 bits per heavy atom. The van der Waals surface area contributed by atoms with E-state index in [-0.39, 0.29) is 11.9 Å². The van der Waals surface area contributed by atoms with Gasteiger partial charge in [-0.3, -0.25) is 4.21 Å². The highest BCUT2D eigenvalue weighted by atomic mass is 32.2. The normalized spacial score (nSPS) is 14.4. The first kappa shape index (κ1) is 14.1. The monoisotopic (exact) mass is 259 g/mol. The molecule has 0 aliphatic rings. The van der Waals surface area contributed by atoms with Crippen molar-refractivity contribution in [1.29, 1.82) is 0 Å². The Morgan fingerprint density at radius 3 is 2.76 bits per heavy atom. The molecule has 0 saturated carbocycles. The van der Waals surface area contributed by atoms with Crippen molar-refractivity contribution in [2.75, 3.05) is 25.7 Å². The third-order valence-electron chi connectivity index (χ3n) is 2.51. The summed E-state index contributed by atoms with van der Waals surface area (Å²) in [6.45, 7) is 2.49. The first-order valence-electron chi connectivity index (χ1n) is 5.41. The number of nitrogens with one attached hydrogen (secondary N) is 1. The summed E-state index contributed by atoms with van der Waals surface area (Å²) >= 11 is 0. The van der Waals surface area contributed by atoms with E-state index in [2.05, 4.69) is 5.32 Å². The van der Waals surface area contributed by atoms with Gasteiger partial charge in [0.25, 0.3) is 0 Å². The first-order valence-corrected chi connectivity index (χ1v) is 7.14. The molecule has 0 spiro atoms. The summed E-state index contributed by atoms with van der Waals surface area (Å²) in [5, 5.41) is 3.13. The molecular weight excluding hydrogens is 241 g/mol. The van der Waals surface area contributed by atoms with Crippen molar-refractivity contribution < 1.29 is 13.3 Å². The van der Waals surface area contributed by atoms with Gasteiger partial charge in [-0.25, -0.2) is 4.39 Å². The number of benzene rings is 1. The number of rotatable bonds is 6. The number of methoxy groups -OCH3 is 1. The van der Waals surface area contributed by atoms with E-state index in [4.69, 9.17) is 4.74 Å². The fourth-order valence-electron chi connectivity index (χ4n) is 1.52. The van der Waals surface area contributed by atoms with Crippen LogP contribution in [0.25, 0.3) is 0 Å². The number of hydrogen-bond donors (Lipinski definition) is 1. The van der Waals surface area contributed by atoms with E-state index in [0.29, 0.717) is 23.6 Å². The summed E-state index contributed by atoms with van der Waals surface area (Å²) in [6.07, 6.45) is 1.65. The predicted molar refractivity (Wildman–Crippen MR) is 68.3 cm³/mol. The van der Waals surface area contributed by atoms with E-state index >= 15 is 0 Å². The van der Waals surface area contributed by atoms with Crippen LogP contribution < -0.4 is 10.1 Å². The van der Waals surface area contributed by atoms with Crippen LogP contribution in [-0.4, -0.2) is 29.9 Å². The van der Waals surface area contributed by atoms with Crippen LogP contribution in [0.15, 0.2) is 18.2 Å². The van der Waals surface area contributed by atoms with Crippen LogP contribution in [0.2, 0.25) is 0 Å². The van der Waals surface area contributed by atoms with Gasteiger partial charge in [-0.2, -0.15) is 0 Å². The number of ether oxygens (including phenoxy) is 1. The van der Waals surface area contributed by atoms with Crippen LogP contribution in [0, 0.1) is 5.82 Å². The Kier molecular flexibility index (Phi) is 5.58. The minimum atomic E-state index is -0.825. The van der Waals surface area contributed by atoms with Gasteiger partial charge in [-0.15, -0.1) is 0 Å². The Balaban J connectivity index is 2.62. The summed E-state index contributed by atoms with van der Waals surface area (Å²) in [4.78, 5) is 0. The lowest BCUT2D eigenvalue weighted by Crippen LogP contribution is -2.24. The molecule has 1 aromatic rings. The summed E-state index contributed by atoms with van der Waals surface area (Å²) in [5.41, 5.74) is 0.590. The molecule has 96 valence electrons. The van der Waals surface area contributed by atoms with Crippen molar-refractivity contribution in [3.8, 4) is 5.75 Å². The fraction of sp³-hybridized carbons (Fsp3) is 0.500. The van der Waals surface area contributed by atoms with Gasteiger partial charge in [0.05, 0.1) is 7.11 Å². The summed E-state index contributed by atoms with van der Waals surface area (Å²) in [7, 11) is 0.682. The molecule has 0 heterocycles. The average Bonchev–Trinajstić information content (AvgIpc) is 2.28. The number of halogens is 1. The highest BCUT2D eigenvalue weighted by molar-refractivity contribution is 7.84. The zero-order valence-electron chi connectivity index (χ0n) is 10.3. The topological polar surface area (TPSA) is 38.3 Å². The molecule has 0 aliphatic carbocycles. The van der Waals surface area contributed by atoms with Gasteiger partial charge in [-0.1, -0.05) is 6.07 Å². The largest absolute Gasteiger partial charge is 0.497 e. The lowest BCUT2D eigenvalue weighted by Gasteiger charge is -2.15. The quantitative estimate of drug-likeness (QED) is 0.847. The van der Waals surface area contributed by atoms with Crippen LogP contribution >= 0.6 is 0 Å². The SMILES string of the molecule is COc1ccc(C(C)NCCS(C)=O)c(F)c1. The molecule has 0 saturated heterocycles. The maximum atomic E-state index is 13.7. The van der Waals surface area contributed by atoms with Crippen LogP contribution in [0.1, 0.15) is 18.5 Å². The van der Waals surface area contributed by atoms with Gasteiger partial charge in [0.2, 0.25) is 0 Å². The third kappa shape index (κ3) is 4.44. The van der Waals surface area contributed by atoms with Gasteiger partial charge >= 0.3 is 0 Å². The molecule has 0 aromatic heterocycles. The molecule has 2 atom stereocenters. The summed E-state index contributed by atoms with van der Waals surface area (Å²) in [6, 6.07) is 4.69. The van der Waals surface area contributed by atoms with Gasteiger partial charge in [0.1, 0.15) is 11.6 Å². The van der Waals surface area contributed by atoms with Crippen LogP contribution in [-0.2, 0) is 10.8 Å². The average molecular weight is 259 g/mol. The molecule has 1 aromatic carbocycles. The van der Waals surface area contributed by atoms with Gasteiger partial charge in [-0.05, 0) is 13.0 Å². The molecule has 0 amide bonds. The second kappa shape index (κ2) is 6.71. The number of hydrogen-bond acceptors (Lipinski definition) is 3. The molecule has 0 aliphatic heterocycles. The van der Waals surface area contributed by atoms with E-state index in [1.807, 2.05) is 6.92 Å². The lowest BCUT2D eigenvalue weighted by molar-refractivity contribution is 0.409. The minimum absolute atomic E-state index is 0.107. The molecule has 0 bridgehead atoms. The van der Waals surface area contributed by atoms with Crippen molar-refractivity contribution in [2.24, 2.45) is 0 Å². The highest BCUT2D eigenvalue weighted by Gasteiger charge is 2.11. The van der Waals surface area contributed by atoms with E-state index < -0.39 is 10.8 Å². The Bertz CT molecular complexity index is 398. The zero-order valence-corrected chi connectivity index (χ0v) is 11.1. The minimum Gasteiger partial charge on any atom is -0.497 e. The van der Waals surface area contributed by atoms with Gasteiger partial charge in [0, 0.05) is 47.0 Å². The smallest absolute Gasteiger partial charge is 0.131 e. The molecule has 5 heteroatoms. The van der Waals surface area contributed by atoms with Crippen molar-refractivity contribution >= 4 is 10.8 Å². The highest BCUT2D eigenvalue weighted by Crippen LogP contribution is 2.21. The standard InChI is InChI=1S/C12H18FNO2S/c1-9(14-6-7-17(3)15)11-5-4-10(16-2)8-12(11)13/h4-5,8-9,14H,6-7H2,1-3H3. The van der Waals surface area contributed by atoms with Crippen molar-refractivity contribution in [3.05, 3.63) is 29.6 Å². The fourth-order valence-corrected chi connectivity index (χ4v) is 1.92. The molecule has 0 fully saturated rings. The van der Waals surface area contributed by atoms with Crippen molar-refractivity contribution in [3.63, 3.8) is 0 Å². The summed E-state index contributed by atoms with van der Waals surface area (Å²) < 4.78 is 29.5.